The van der Waals surface area contributed by atoms with E-state index in [2.05, 4.69) is 4.99 Å². The minimum atomic E-state index is -0.579. The Balaban J connectivity index is 1.86. The van der Waals surface area contributed by atoms with Gasteiger partial charge in [-0.15, -0.1) is 0 Å². The average molecular weight is 376 g/mol. The van der Waals surface area contributed by atoms with Crippen molar-refractivity contribution in [3.8, 4) is 5.75 Å². The van der Waals surface area contributed by atoms with Gasteiger partial charge in [0.25, 0.3) is 0 Å². The number of nitrogens with zero attached hydrogens (tertiary/aromatic N) is 1. The van der Waals surface area contributed by atoms with E-state index in [0.29, 0.717) is 26.9 Å². The third kappa shape index (κ3) is 4.07. The van der Waals surface area contributed by atoms with E-state index in [0.717, 1.165) is 0 Å². The van der Waals surface area contributed by atoms with Gasteiger partial charge in [0.1, 0.15) is 5.75 Å². The van der Waals surface area contributed by atoms with Gasteiger partial charge in [0.2, 0.25) is 5.90 Å². The van der Waals surface area contributed by atoms with Crippen LogP contribution in [0.1, 0.15) is 18.1 Å². The van der Waals surface area contributed by atoms with E-state index in [-0.39, 0.29) is 11.6 Å². The number of cyclic esters (lactones) is 1. The molecule has 126 valence electrons. The number of hydrogen-bond donors (Lipinski definition) is 0. The van der Waals surface area contributed by atoms with Gasteiger partial charge in [0.05, 0.1) is 10.6 Å². The Kier molecular flexibility index (Phi) is 4.88. The first kappa shape index (κ1) is 17.2. The molecule has 0 aromatic heterocycles. The summed E-state index contributed by atoms with van der Waals surface area (Å²) in [5, 5.41) is 0.813. The molecule has 2 aromatic rings. The summed E-state index contributed by atoms with van der Waals surface area (Å²) in [6.07, 6.45) is 1.57. The number of aliphatic imine (C=N–C) groups is 1. The molecule has 0 fully saturated rings. The highest BCUT2D eigenvalue weighted by Crippen LogP contribution is 2.26. The summed E-state index contributed by atoms with van der Waals surface area (Å²) in [5.74, 6) is -0.445. The van der Waals surface area contributed by atoms with Gasteiger partial charge in [-0.1, -0.05) is 35.3 Å². The van der Waals surface area contributed by atoms with Crippen molar-refractivity contribution in [1.29, 1.82) is 0 Å². The normalized spacial score (nSPS) is 15.1. The minimum absolute atomic E-state index is 0.120. The zero-order chi connectivity index (χ0) is 18.0. The molecule has 0 N–H and O–H groups in total. The van der Waals surface area contributed by atoms with Crippen molar-refractivity contribution in [1.82, 2.24) is 0 Å². The predicted octanol–water partition coefficient (Wildman–Crippen LogP) is 4.26. The molecule has 3 rings (SSSR count). The molecule has 0 saturated heterocycles. The molecule has 1 heterocycles. The highest BCUT2D eigenvalue weighted by Gasteiger charge is 2.25. The molecule has 0 amide bonds. The molecule has 7 heteroatoms. The summed E-state index contributed by atoms with van der Waals surface area (Å²) < 4.78 is 10.1. The lowest BCUT2D eigenvalue weighted by Gasteiger charge is -2.02. The van der Waals surface area contributed by atoms with Crippen LogP contribution >= 0.6 is 23.2 Å². The number of carbonyl (C=O) groups excluding carboxylic acids is 2. The van der Waals surface area contributed by atoms with Gasteiger partial charge < -0.3 is 9.47 Å². The number of carbonyl (C=O) groups is 2. The summed E-state index contributed by atoms with van der Waals surface area (Å²) in [7, 11) is 0. The minimum Gasteiger partial charge on any atom is -0.427 e. The zero-order valence-electron chi connectivity index (χ0n) is 13.0. The number of ether oxygens (including phenoxy) is 2. The van der Waals surface area contributed by atoms with E-state index in [9.17, 15) is 9.59 Å². The maximum Gasteiger partial charge on any atom is 0.363 e. The van der Waals surface area contributed by atoms with Crippen LogP contribution in [0.2, 0.25) is 10.0 Å². The lowest BCUT2D eigenvalue weighted by Crippen LogP contribution is -2.05. The summed E-state index contributed by atoms with van der Waals surface area (Å²) in [6, 6.07) is 11.4. The monoisotopic (exact) mass is 375 g/mol. The summed E-state index contributed by atoms with van der Waals surface area (Å²) in [5.41, 5.74) is 1.32. The van der Waals surface area contributed by atoms with Gasteiger partial charge in [0, 0.05) is 11.9 Å². The van der Waals surface area contributed by atoms with Gasteiger partial charge in [-0.3, -0.25) is 4.79 Å². The first-order valence-electron chi connectivity index (χ1n) is 7.19. The van der Waals surface area contributed by atoms with Crippen LogP contribution in [-0.4, -0.2) is 17.8 Å². The van der Waals surface area contributed by atoms with E-state index in [1.807, 2.05) is 0 Å². The standard InChI is InChI=1S/C18H11Cl2NO4/c1-10(22)24-13-5-2-11(3-6-13)8-16-18(23)25-17(21-16)14-7-4-12(19)9-15(14)20/h2-9H,1H3/b16-8+. The first-order chi connectivity index (χ1) is 11.9. The summed E-state index contributed by atoms with van der Waals surface area (Å²) >= 11 is 12.0. The van der Waals surface area contributed by atoms with Crippen LogP contribution in [-0.2, 0) is 14.3 Å². The summed E-state index contributed by atoms with van der Waals surface area (Å²) in [4.78, 5) is 27.1. The Labute approximate surface area is 153 Å². The topological polar surface area (TPSA) is 65.0 Å². The van der Waals surface area contributed by atoms with Gasteiger partial charge in [-0.05, 0) is 42.0 Å². The predicted molar refractivity (Wildman–Crippen MR) is 94.8 cm³/mol. The molecule has 0 unspecified atom stereocenters. The highest BCUT2D eigenvalue weighted by molar-refractivity contribution is 6.37. The molecular weight excluding hydrogens is 365 g/mol. The van der Waals surface area contributed by atoms with Crippen molar-refractivity contribution in [2.75, 3.05) is 0 Å². The van der Waals surface area contributed by atoms with Crippen molar-refractivity contribution in [2.24, 2.45) is 4.99 Å². The van der Waals surface area contributed by atoms with Gasteiger partial charge in [-0.25, -0.2) is 9.79 Å². The van der Waals surface area contributed by atoms with Crippen LogP contribution in [0.3, 0.4) is 0 Å². The molecular formula is C18H11Cl2NO4. The Morgan fingerprint density at radius 3 is 2.52 bits per heavy atom. The molecule has 0 saturated carbocycles. The van der Waals surface area contributed by atoms with Crippen LogP contribution < -0.4 is 4.74 Å². The Bertz CT molecular complexity index is 917. The second-order valence-corrected chi connectivity index (χ2v) is 5.97. The van der Waals surface area contributed by atoms with E-state index < -0.39 is 11.9 Å². The van der Waals surface area contributed by atoms with Gasteiger partial charge >= 0.3 is 11.9 Å². The highest BCUT2D eigenvalue weighted by atomic mass is 35.5. The number of esters is 2. The SMILES string of the molecule is CC(=O)Oc1ccc(/C=C2/N=C(c3ccc(Cl)cc3Cl)OC2=O)cc1. The lowest BCUT2D eigenvalue weighted by molar-refractivity contribution is -0.132. The smallest absolute Gasteiger partial charge is 0.363 e. The van der Waals surface area contributed by atoms with E-state index in [1.54, 1.807) is 48.5 Å². The molecule has 0 aliphatic carbocycles. The van der Waals surface area contributed by atoms with Crippen molar-refractivity contribution in [3.05, 3.63) is 69.3 Å². The fourth-order valence-electron chi connectivity index (χ4n) is 2.14. The number of rotatable bonds is 3. The number of benzene rings is 2. The first-order valence-corrected chi connectivity index (χ1v) is 7.94. The maximum atomic E-state index is 12.0. The third-order valence-corrected chi connectivity index (χ3v) is 3.77. The quantitative estimate of drug-likeness (QED) is 0.456. The second kappa shape index (κ2) is 7.09. The van der Waals surface area contributed by atoms with Crippen molar-refractivity contribution in [2.45, 2.75) is 6.92 Å². The fourth-order valence-corrected chi connectivity index (χ4v) is 2.63. The molecule has 25 heavy (non-hydrogen) atoms. The molecule has 1 aliphatic rings. The molecule has 2 aromatic carbocycles. The van der Waals surface area contributed by atoms with Crippen LogP contribution in [0.4, 0.5) is 0 Å². The molecule has 0 radical (unpaired) electrons. The van der Waals surface area contributed by atoms with Crippen molar-refractivity contribution in [3.63, 3.8) is 0 Å². The summed E-state index contributed by atoms with van der Waals surface area (Å²) in [6.45, 7) is 1.32. The molecule has 0 spiro atoms. The van der Waals surface area contributed by atoms with Crippen LogP contribution in [0.5, 0.6) is 5.75 Å². The second-order valence-electron chi connectivity index (χ2n) is 5.12. The van der Waals surface area contributed by atoms with Crippen LogP contribution in [0.15, 0.2) is 53.2 Å². The van der Waals surface area contributed by atoms with E-state index in [1.165, 1.54) is 6.92 Å². The Morgan fingerprint density at radius 1 is 1.16 bits per heavy atom. The molecule has 1 aliphatic heterocycles. The average Bonchev–Trinajstić information content (AvgIpc) is 2.89. The molecule has 0 atom stereocenters. The number of hydrogen-bond acceptors (Lipinski definition) is 5. The lowest BCUT2D eigenvalue weighted by atomic mass is 10.2. The fraction of sp³-hybridized carbons (Fsp3) is 0.0556. The van der Waals surface area contributed by atoms with E-state index >= 15 is 0 Å². The van der Waals surface area contributed by atoms with Gasteiger partial charge in [-0.2, -0.15) is 0 Å². The largest absolute Gasteiger partial charge is 0.427 e. The van der Waals surface area contributed by atoms with Crippen molar-refractivity contribution >= 4 is 47.1 Å². The Hall–Kier alpha value is -2.63. The molecule has 5 nitrogen and oxygen atoms in total. The third-order valence-electron chi connectivity index (χ3n) is 3.23. The van der Waals surface area contributed by atoms with Gasteiger partial charge in [0.15, 0.2) is 5.70 Å². The molecule has 0 bridgehead atoms. The maximum absolute atomic E-state index is 12.0. The van der Waals surface area contributed by atoms with Crippen LogP contribution in [0.25, 0.3) is 6.08 Å². The van der Waals surface area contributed by atoms with Crippen molar-refractivity contribution < 1.29 is 19.1 Å². The zero-order valence-corrected chi connectivity index (χ0v) is 14.5. The number of halogens is 2. The van der Waals surface area contributed by atoms with E-state index in [4.69, 9.17) is 32.7 Å². The van der Waals surface area contributed by atoms with Crippen LogP contribution in [0, 0.1) is 0 Å². The Morgan fingerprint density at radius 2 is 1.88 bits per heavy atom.